The molecule has 0 aromatic carbocycles. The van der Waals surface area contributed by atoms with Crippen LogP contribution in [-0.2, 0) is 19.5 Å². The van der Waals surface area contributed by atoms with E-state index >= 15 is 0 Å². The first kappa shape index (κ1) is 13.7. The summed E-state index contributed by atoms with van der Waals surface area (Å²) in [5.41, 5.74) is 0.910. The van der Waals surface area contributed by atoms with Gasteiger partial charge in [-0.3, -0.25) is 0 Å². The van der Waals surface area contributed by atoms with E-state index in [-0.39, 0.29) is 0 Å². The van der Waals surface area contributed by atoms with Gasteiger partial charge in [0.2, 0.25) is 5.89 Å². The molecule has 0 atom stereocenters. The van der Waals surface area contributed by atoms with Crippen molar-refractivity contribution in [3.05, 3.63) is 23.6 Å². The zero-order valence-electron chi connectivity index (χ0n) is 11.5. The summed E-state index contributed by atoms with van der Waals surface area (Å²) in [6.45, 7) is 6.31. The van der Waals surface area contributed by atoms with Crippen LogP contribution in [0.5, 0.6) is 0 Å². The summed E-state index contributed by atoms with van der Waals surface area (Å²) in [5.74, 6) is 1.34. The highest BCUT2D eigenvalue weighted by Gasteiger charge is 2.08. The SMILES string of the molecule is CCCCc1noc(Cn2cc(CNCC)nn2)n1. The molecule has 19 heavy (non-hydrogen) atoms. The van der Waals surface area contributed by atoms with Crippen LogP contribution in [0.3, 0.4) is 0 Å². The van der Waals surface area contributed by atoms with Gasteiger partial charge in [0, 0.05) is 13.0 Å². The van der Waals surface area contributed by atoms with Crippen molar-refractivity contribution in [2.75, 3.05) is 6.54 Å². The topological polar surface area (TPSA) is 81.7 Å². The third-order valence-electron chi connectivity index (χ3n) is 2.70. The minimum absolute atomic E-state index is 0.470. The minimum Gasteiger partial charge on any atom is -0.337 e. The van der Waals surface area contributed by atoms with Crippen LogP contribution in [0.2, 0.25) is 0 Å². The number of aromatic nitrogens is 5. The molecule has 0 fully saturated rings. The van der Waals surface area contributed by atoms with E-state index in [9.17, 15) is 0 Å². The lowest BCUT2D eigenvalue weighted by atomic mass is 10.2. The Bertz CT molecular complexity index is 448. The molecule has 0 radical (unpaired) electrons. The van der Waals surface area contributed by atoms with Crippen LogP contribution in [0.15, 0.2) is 10.7 Å². The summed E-state index contributed by atoms with van der Waals surface area (Å²) in [6.07, 6.45) is 4.96. The van der Waals surface area contributed by atoms with E-state index < -0.39 is 0 Å². The van der Waals surface area contributed by atoms with Gasteiger partial charge < -0.3 is 9.84 Å². The zero-order chi connectivity index (χ0) is 13.5. The number of unbranched alkanes of at least 4 members (excludes halogenated alkanes) is 1. The molecule has 7 heteroatoms. The fourth-order valence-corrected chi connectivity index (χ4v) is 1.68. The van der Waals surface area contributed by atoms with Crippen molar-refractivity contribution in [1.82, 2.24) is 30.5 Å². The number of nitrogens with zero attached hydrogens (tertiary/aromatic N) is 5. The van der Waals surface area contributed by atoms with Crippen LogP contribution in [0.25, 0.3) is 0 Å². The first-order chi connectivity index (χ1) is 9.31. The Morgan fingerprint density at radius 1 is 1.37 bits per heavy atom. The number of hydrogen-bond acceptors (Lipinski definition) is 6. The fourth-order valence-electron chi connectivity index (χ4n) is 1.68. The highest BCUT2D eigenvalue weighted by atomic mass is 16.5. The Kier molecular flexibility index (Phi) is 5.02. The Hall–Kier alpha value is -1.76. The van der Waals surface area contributed by atoms with Gasteiger partial charge >= 0.3 is 0 Å². The van der Waals surface area contributed by atoms with Gasteiger partial charge in [-0.1, -0.05) is 30.6 Å². The lowest BCUT2D eigenvalue weighted by molar-refractivity contribution is 0.359. The average Bonchev–Trinajstić information content (AvgIpc) is 3.04. The fraction of sp³-hybridized carbons (Fsp3) is 0.667. The monoisotopic (exact) mass is 264 g/mol. The molecule has 0 aliphatic rings. The predicted molar refractivity (Wildman–Crippen MR) is 69.4 cm³/mol. The molecule has 0 aliphatic heterocycles. The summed E-state index contributed by atoms with van der Waals surface area (Å²) in [7, 11) is 0. The normalized spacial score (nSPS) is 11.1. The Morgan fingerprint density at radius 3 is 3.05 bits per heavy atom. The van der Waals surface area contributed by atoms with Gasteiger partial charge in [-0.25, -0.2) is 4.68 Å². The van der Waals surface area contributed by atoms with E-state index in [2.05, 4.69) is 39.6 Å². The molecule has 7 nitrogen and oxygen atoms in total. The molecule has 0 spiro atoms. The second kappa shape index (κ2) is 6.98. The predicted octanol–water partition coefficient (Wildman–Crippen LogP) is 1.16. The molecule has 0 aliphatic carbocycles. The smallest absolute Gasteiger partial charge is 0.248 e. The lowest BCUT2D eigenvalue weighted by Gasteiger charge is -1.94. The Balaban J connectivity index is 1.89. The van der Waals surface area contributed by atoms with Crippen LogP contribution in [0.1, 0.15) is 44.1 Å². The average molecular weight is 264 g/mol. The highest BCUT2D eigenvalue weighted by Crippen LogP contribution is 2.04. The van der Waals surface area contributed by atoms with Crippen molar-refractivity contribution in [3.8, 4) is 0 Å². The molecule has 2 rings (SSSR count). The van der Waals surface area contributed by atoms with Gasteiger partial charge in [0.05, 0.1) is 11.9 Å². The molecule has 1 N–H and O–H groups in total. The molecule has 104 valence electrons. The zero-order valence-corrected chi connectivity index (χ0v) is 11.5. The molecule has 0 saturated carbocycles. The standard InChI is InChI=1S/C12H20N6O/c1-3-5-6-11-14-12(19-16-11)9-18-8-10(15-17-18)7-13-4-2/h8,13H,3-7,9H2,1-2H3. The largest absolute Gasteiger partial charge is 0.337 e. The van der Waals surface area contributed by atoms with Crippen molar-refractivity contribution >= 4 is 0 Å². The molecule has 0 bridgehead atoms. The Labute approximate surface area is 112 Å². The van der Waals surface area contributed by atoms with E-state index in [0.717, 1.165) is 43.9 Å². The molecule has 2 heterocycles. The van der Waals surface area contributed by atoms with Crippen LogP contribution in [-0.4, -0.2) is 31.7 Å². The summed E-state index contributed by atoms with van der Waals surface area (Å²) >= 11 is 0. The van der Waals surface area contributed by atoms with Gasteiger partial charge in [-0.2, -0.15) is 4.98 Å². The number of hydrogen-bond donors (Lipinski definition) is 1. The summed E-state index contributed by atoms with van der Waals surface area (Å²) in [4.78, 5) is 4.33. The maximum Gasteiger partial charge on any atom is 0.248 e. The summed E-state index contributed by atoms with van der Waals surface area (Å²) < 4.78 is 6.90. The maximum absolute atomic E-state index is 5.19. The highest BCUT2D eigenvalue weighted by molar-refractivity contribution is 4.94. The minimum atomic E-state index is 0.470. The quantitative estimate of drug-likeness (QED) is 0.770. The van der Waals surface area contributed by atoms with E-state index in [0.29, 0.717) is 12.4 Å². The van der Waals surface area contributed by atoms with Gasteiger partial charge in [0.1, 0.15) is 6.54 Å². The molecular formula is C12H20N6O. The van der Waals surface area contributed by atoms with Crippen LogP contribution in [0, 0.1) is 0 Å². The van der Waals surface area contributed by atoms with Crippen molar-refractivity contribution < 1.29 is 4.52 Å². The van der Waals surface area contributed by atoms with Crippen LogP contribution < -0.4 is 5.32 Å². The van der Waals surface area contributed by atoms with E-state index in [1.54, 1.807) is 4.68 Å². The summed E-state index contributed by atoms with van der Waals surface area (Å²) in [5, 5.41) is 15.2. The first-order valence-electron chi connectivity index (χ1n) is 6.73. The molecular weight excluding hydrogens is 244 g/mol. The number of aryl methyl sites for hydroxylation is 1. The first-order valence-corrected chi connectivity index (χ1v) is 6.73. The maximum atomic E-state index is 5.19. The lowest BCUT2D eigenvalue weighted by Crippen LogP contribution is -2.11. The molecule has 0 amide bonds. The van der Waals surface area contributed by atoms with Crippen molar-refractivity contribution in [1.29, 1.82) is 0 Å². The van der Waals surface area contributed by atoms with Gasteiger partial charge in [0.25, 0.3) is 0 Å². The van der Waals surface area contributed by atoms with Gasteiger partial charge in [-0.05, 0) is 13.0 Å². The van der Waals surface area contributed by atoms with Crippen molar-refractivity contribution in [2.45, 2.75) is 46.2 Å². The third kappa shape index (κ3) is 4.13. The Morgan fingerprint density at radius 2 is 2.26 bits per heavy atom. The second-order valence-corrected chi connectivity index (χ2v) is 4.40. The molecule has 0 unspecified atom stereocenters. The molecule has 2 aromatic heterocycles. The van der Waals surface area contributed by atoms with E-state index in [1.807, 2.05) is 6.20 Å². The van der Waals surface area contributed by atoms with Crippen LogP contribution >= 0.6 is 0 Å². The van der Waals surface area contributed by atoms with Crippen LogP contribution in [0.4, 0.5) is 0 Å². The van der Waals surface area contributed by atoms with E-state index in [4.69, 9.17) is 4.52 Å². The summed E-state index contributed by atoms with van der Waals surface area (Å²) in [6, 6.07) is 0. The van der Waals surface area contributed by atoms with Gasteiger partial charge in [0.15, 0.2) is 5.82 Å². The second-order valence-electron chi connectivity index (χ2n) is 4.40. The molecule has 0 saturated heterocycles. The van der Waals surface area contributed by atoms with Gasteiger partial charge in [-0.15, -0.1) is 5.10 Å². The third-order valence-corrected chi connectivity index (χ3v) is 2.70. The number of nitrogens with one attached hydrogen (secondary N) is 1. The van der Waals surface area contributed by atoms with Crippen molar-refractivity contribution in [3.63, 3.8) is 0 Å². The van der Waals surface area contributed by atoms with E-state index in [1.165, 1.54) is 0 Å². The molecule has 2 aromatic rings. The van der Waals surface area contributed by atoms with Crippen molar-refractivity contribution in [2.24, 2.45) is 0 Å². The number of rotatable bonds is 8.